The van der Waals surface area contributed by atoms with Gasteiger partial charge in [0.05, 0.1) is 11.8 Å². The van der Waals surface area contributed by atoms with E-state index in [1.807, 2.05) is 4.90 Å². The van der Waals surface area contributed by atoms with Crippen molar-refractivity contribution in [2.75, 3.05) is 46.8 Å². The van der Waals surface area contributed by atoms with Crippen molar-refractivity contribution >= 4 is 17.8 Å². The van der Waals surface area contributed by atoms with Crippen molar-refractivity contribution in [2.24, 2.45) is 0 Å². The molecule has 1 aromatic heterocycles. The smallest absolute Gasteiger partial charge is 0.475 e. The molecule has 36 heavy (non-hydrogen) atoms. The Morgan fingerprint density at radius 3 is 1.86 bits per heavy atom. The van der Waals surface area contributed by atoms with Crippen molar-refractivity contribution in [3.63, 3.8) is 0 Å². The monoisotopic (exact) mass is 533 g/mol. The molecule has 2 fully saturated rings. The quantitative estimate of drug-likeness (QED) is 0.568. The largest absolute Gasteiger partial charge is 0.490 e. The van der Waals surface area contributed by atoms with Crippen LogP contribution in [-0.2, 0) is 9.59 Å². The fourth-order valence-electron chi connectivity index (χ4n) is 3.92. The molecule has 2 saturated heterocycles. The van der Waals surface area contributed by atoms with Gasteiger partial charge >= 0.3 is 24.3 Å². The number of piperidine rings is 1. The topological polar surface area (TPSA) is 115 Å². The summed E-state index contributed by atoms with van der Waals surface area (Å²) in [6.07, 6.45) is -2.27. The summed E-state index contributed by atoms with van der Waals surface area (Å²) in [7, 11) is 4.27. The van der Waals surface area contributed by atoms with E-state index in [0.29, 0.717) is 11.1 Å². The second kappa shape index (κ2) is 12.9. The lowest BCUT2D eigenvalue weighted by molar-refractivity contribution is -0.193. The van der Waals surface area contributed by atoms with Gasteiger partial charge in [-0.1, -0.05) is 0 Å². The Kier molecular flexibility index (Phi) is 11.2. The number of furan rings is 1. The number of carboxylic acids is 2. The number of carbonyl (C=O) groups is 3. The molecule has 0 radical (unpaired) electrons. The summed E-state index contributed by atoms with van der Waals surface area (Å²) >= 11 is 0. The summed E-state index contributed by atoms with van der Waals surface area (Å²) in [6.45, 7) is 5.19. The van der Waals surface area contributed by atoms with Crippen LogP contribution in [0.1, 0.15) is 36.0 Å². The van der Waals surface area contributed by atoms with Gasteiger partial charge in [-0.25, -0.2) is 9.59 Å². The first-order valence-corrected chi connectivity index (χ1v) is 10.8. The number of amides is 1. The fourth-order valence-corrected chi connectivity index (χ4v) is 3.92. The highest BCUT2D eigenvalue weighted by Crippen LogP contribution is 2.38. The van der Waals surface area contributed by atoms with Gasteiger partial charge in [0.15, 0.2) is 0 Å². The number of alkyl halides is 6. The maximum Gasteiger partial charge on any atom is 0.490 e. The second-order valence-corrected chi connectivity index (χ2v) is 8.53. The van der Waals surface area contributed by atoms with Crippen molar-refractivity contribution in [1.29, 1.82) is 0 Å². The molecule has 0 saturated carbocycles. The van der Waals surface area contributed by atoms with Gasteiger partial charge in [0.25, 0.3) is 5.91 Å². The Hall–Kier alpha value is -2.81. The van der Waals surface area contributed by atoms with Crippen LogP contribution in [0, 0.1) is 0 Å². The van der Waals surface area contributed by atoms with E-state index in [1.54, 1.807) is 18.6 Å². The molecule has 3 heterocycles. The fraction of sp³-hybridized carbons (Fsp3) is 0.667. The minimum Gasteiger partial charge on any atom is -0.475 e. The van der Waals surface area contributed by atoms with E-state index in [-0.39, 0.29) is 5.91 Å². The molecule has 3 rings (SSSR count). The molecule has 2 aliphatic rings. The molecule has 0 aromatic carbocycles. The van der Waals surface area contributed by atoms with Gasteiger partial charge in [0.2, 0.25) is 0 Å². The van der Waals surface area contributed by atoms with Crippen LogP contribution in [0.25, 0.3) is 0 Å². The Labute approximate surface area is 203 Å². The number of likely N-dealkylation sites (N-methyl/N-ethyl adjacent to an activating group) is 1. The number of likely N-dealkylation sites (tertiary alicyclic amines) is 2. The van der Waals surface area contributed by atoms with Gasteiger partial charge in [0.1, 0.15) is 6.26 Å². The Balaban J connectivity index is 0.000000383. The molecule has 2 aliphatic heterocycles. The van der Waals surface area contributed by atoms with Crippen molar-refractivity contribution < 1.29 is 55.4 Å². The second-order valence-electron chi connectivity index (χ2n) is 8.53. The van der Waals surface area contributed by atoms with Crippen LogP contribution >= 0.6 is 0 Å². The van der Waals surface area contributed by atoms with Crippen molar-refractivity contribution in [2.45, 2.75) is 43.6 Å². The first kappa shape index (κ1) is 31.2. The zero-order chi connectivity index (χ0) is 27.7. The molecule has 1 amide bonds. The van der Waals surface area contributed by atoms with Crippen LogP contribution in [0.5, 0.6) is 0 Å². The van der Waals surface area contributed by atoms with E-state index < -0.39 is 24.3 Å². The average molecular weight is 533 g/mol. The predicted molar refractivity (Wildman–Crippen MR) is 113 cm³/mol. The van der Waals surface area contributed by atoms with Gasteiger partial charge < -0.3 is 24.4 Å². The third kappa shape index (κ3) is 9.68. The van der Waals surface area contributed by atoms with Crippen LogP contribution in [-0.4, -0.2) is 107 Å². The molecule has 0 atom stereocenters. The predicted octanol–water partition coefficient (Wildman–Crippen LogP) is 3.18. The molecule has 206 valence electrons. The number of hydrogen-bond donors (Lipinski definition) is 2. The number of rotatable bonds is 4. The summed E-state index contributed by atoms with van der Waals surface area (Å²) in [4.78, 5) is 37.1. The summed E-state index contributed by atoms with van der Waals surface area (Å²) in [5, 5.41) is 14.2. The van der Waals surface area contributed by atoms with Crippen LogP contribution in [0.3, 0.4) is 0 Å². The highest BCUT2D eigenvalue weighted by Gasteiger charge is 2.43. The first-order valence-electron chi connectivity index (χ1n) is 10.8. The lowest BCUT2D eigenvalue weighted by Gasteiger charge is -2.45. The number of halogens is 6. The summed E-state index contributed by atoms with van der Waals surface area (Å²) in [5.74, 6) is -5.40. The minimum absolute atomic E-state index is 0.112. The van der Waals surface area contributed by atoms with Gasteiger partial charge in [-0.3, -0.25) is 9.69 Å². The minimum atomic E-state index is -5.08. The van der Waals surface area contributed by atoms with Gasteiger partial charge in [-0.2, -0.15) is 26.3 Å². The number of carbonyl (C=O) groups excluding carboxylic acids is 1. The molecular formula is C21H29F6N3O6. The maximum atomic E-state index is 12.4. The molecular weight excluding hydrogens is 504 g/mol. The van der Waals surface area contributed by atoms with E-state index in [0.717, 1.165) is 39.0 Å². The van der Waals surface area contributed by atoms with Crippen molar-refractivity contribution in [3.05, 3.63) is 24.2 Å². The maximum absolute atomic E-state index is 12.4. The SMILES string of the molecule is CN(C)CCN1CCCC12CCN(C(=O)c1ccoc1)CC2.O=C(O)C(F)(F)F.O=C(O)C(F)(F)F. The third-order valence-electron chi connectivity index (χ3n) is 5.79. The highest BCUT2D eigenvalue weighted by molar-refractivity contribution is 5.93. The van der Waals surface area contributed by atoms with Gasteiger partial charge in [-0.05, 0) is 52.4 Å². The molecule has 0 bridgehead atoms. The number of carboxylic acid groups (broad SMARTS) is 2. The van der Waals surface area contributed by atoms with E-state index in [2.05, 4.69) is 23.9 Å². The van der Waals surface area contributed by atoms with E-state index in [1.165, 1.54) is 19.4 Å². The summed E-state index contributed by atoms with van der Waals surface area (Å²) in [5.41, 5.74) is 1.01. The Morgan fingerprint density at radius 1 is 0.972 bits per heavy atom. The van der Waals surface area contributed by atoms with Crippen LogP contribution < -0.4 is 0 Å². The standard InChI is InChI=1S/C17H27N3O2.2C2HF3O2/c1-18(2)11-12-20-8-3-5-17(20)6-9-19(10-7-17)16(21)15-4-13-22-14-15;2*3-2(4,5)1(6)7/h4,13-14H,3,5-12H2,1-2H3;2*(H,6,7). The van der Waals surface area contributed by atoms with Crippen molar-refractivity contribution in [1.82, 2.24) is 14.7 Å². The number of hydrogen-bond acceptors (Lipinski definition) is 6. The Bertz CT molecular complexity index is 825. The highest BCUT2D eigenvalue weighted by atomic mass is 19.4. The third-order valence-corrected chi connectivity index (χ3v) is 5.79. The molecule has 9 nitrogen and oxygen atoms in total. The molecule has 2 N–H and O–H groups in total. The Morgan fingerprint density at radius 2 is 1.47 bits per heavy atom. The average Bonchev–Trinajstić information content (AvgIpc) is 3.42. The van der Waals surface area contributed by atoms with Crippen molar-refractivity contribution in [3.8, 4) is 0 Å². The normalized spacial score (nSPS) is 17.8. The molecule has 0 aliphatic carbocycles. The zero-order valence-corrected chi connectivity index (χ0v) is 19.7. The lowest BCUT2D eigenvalue weighted by atomic mass is 9.84. The van der Waals surface area contributed by atoms with E-state index in [4.69, 9.17) is 24.2 Å². The molecule has 0 unspecified atom stereocenters. The first-order chi connectivity index (χ1) is 16.5. The van der Waals surface area contributed by atoms with E-state index in [9.17, 15) is 31.1 Å². The molecule has 15 heteroatoms. The lowest BCUT2D eigenvalue weighted by Crippen LogP contribution is -2.54. The van der Waals surface area contributed by atoms with Crippen LogP contribution in [0.2, 0.25) is 0 Å². The van der Waals surface area contributed by atoms with E-state index >= 15 is 0 Å². The molecule has 1 aromatic rings. The van der Waals surface area contributed by atoms with Crippen LogP contribution in [0.15, 0.2) is 23.0 Å². The van der Waals surface area contributed by atoms with Gasteiger partial charge in [-0.15, -0.1) is 0 Å². The molecule has 1 spiro atoms. The van der Waals surface area contributed by atoms with Gasteiger partial charge in [0, 0.05) is 31.7 Å². The summed E-state index contributed by atoms with van der Waals surface area (Å²) in [6, 6.07) is 1.76. The van der Waals surface area contributed by atoms with Crippen LogP contribution in [0.4, 0.5) is 26.3 Å². The summed E-state index contributed by atoms with van der Waals surface area (Å²) < 4.78 is 68.5. The number of nitrogens with zero attached hydrogens (tertiary/aromatic N) is 3. The zero-order valence-electron chi connectivity index (χ0n) is 19.7. The number of aliphatic carboxylic acids is 2.